The van der Waals surface area contributed by atoms with E-state index in [0.29, 0.717) is 5.41 Å². The lowest BCUT2D eigenvalue weighted by Crippen LogP contribution is -2.28. The van der Waals surface area contributed by atoms with Gasteiger partial charge >= 0.3 is 0 Å². The van der Waals surface area contributed by atoms with Crippen LogP contribution in [0.5, 0.6) is 0 Å². The van der Waals surface area contributed by atoms with Gasteiger partial charge in [0.1, 0.15) is 0 Å². The molecule has 0 amide bonds. The van der Waals surface area contributed by atoms with Crippen molar-refractivity contribution in [2.45, 2.75) is 72.6 Å². The van der Waals surface area contributed by atoms with Crippen molar-refractivity contribution in [2.24, 2.45) is 5.41 Å². The number of hydrogen-bond acceptors (Lipinski definition) is 0. The van der Waals surface area contributed by atoms with E-state index in [1.807, 2.05) is 0 Å². The van der Waals surface area contributed by atoms with Crippen LogP contribution in [0.4, 0.5) is 0 Å². The summed E-state index contributed by atoms with van der Waals surface area (Å²) in [6.07, 6.45) is 9.06. The van der Waals surface area contributed by atoms with E-state index in [-0.39, 0.29) is 0 Å². The molecule has 0 heterocycles. The monoisotopic (exact) mass is 244 g/mol. The van der Waals surface area contributed by atoms with E-state index in [1.165, 1.54) is 50.5 Å². The molecule has 0 fully saturated rings. The number of rotatable bonds is 4. The Morgan fingerprint density at radius 1 is 1.00 bits per heavy atom. The minimum absolute atomic E-state index is 0.588. The van der Waals surface area contributed by atoms with Crippen LogP contribution in [0, 0.1) is 5.41 Å². The zero-order valence-corrected chi connectivity index (χ0v) is 12.6. The molecule has 0 nitrogen and oxygen atoms in total. The van der Waals surface area contributed by atoms with Gasteiger partial charge in [0.25, 0.3) is 0 Å². The molecule has 1 aromatic rings. The van der Waals surface area contributed by atoms with Crippen molar-refractivity contribution >= 4 is 0 Å². The summed E-state index contributed by atoms with van der Waals surface area (Å²) in [4.78, 5) is 0. The van der Waals surface area contributed by atoms with E-state index in [1.54, 1.807) is 16.7 Å². The molecule has 0 saturated carbocycles. The lowest BCUT2D eigenvalue weighted by molar-refractivity contribution is 0.224. The van der Waals surface area contributed by atoms with Gasteiger partial charge in [0.2, 0.25) is 0 Å². The van der Waals surface area contributed by atoms with Gasteiger partial charge in [-0.15, -0.1) is 0 Å². The van der Waals surface area contributed by atoms with Gasteiger partial charge in [-0.3, -0.25) is 0 Å². The topological polar surface area (TPSA) is 0 Å². The predicted octanol–water partition coefficient (Wildman–Crippen LogP) is 5.11. The van der Waals surface area contributed by atoms with E-state index in [0.717, 1.165) is 0 Å². The molecule has 0 N–H and O–H groups in total. The fourth-order valence-electron chi connectivity index (χ4n) is 3.60. The molecule has 0 radical (unpaired) electrons. The van der Waals surface area contributed by atoms with Crippen molar-refractivity contribution in [2.75, 3.05) is 0 Å². The summed E-state index contributed by atoms with van der Waals surface area (Å²) < 4.78 is 0. The average Bonchev–Trinajstić information content (AvgIpc) is 2.45. The van der Waals surface area contributed by atoms with Crippen molar-refractivity contribution < 1.29 is 0 Å². The summed E-state index contributed by atoms with van der Waals surface area (Å²) in [7, 11) is 0. The molecule has 0 saturated heterocycles. The summed E-state index contributed by atoms with van der Waals surface area (Å²) in [5.74, 6) is 0. The number of hydrogen-bond donors (Lipinski definition) is 0. The second kappa shape index (κ2) is 5.47. The fraction of sp³-hybridized carbons (Fsp3) is 0.667. The Labute approximate surface area is 113 Å². The first-order chi connectivity index (χ1) is 8.68. The Balaban J connectivity index is 2.42. The van der Waals surface area contributed by atoms with Crippen LogP contribution in [0.15, 0.2) is 12.1 Å². The molecular weight excluding hydrogens is 216 g/mol. The summed E-state index contributed by atoms with van der Waals surface area (Å²) in [6, 6.07) is 4.94. The van der Waals surface area contributed by atoms with E-state index in [2.05, 4.69) is 39.8 Å². The van der Waals surface area contributed by atoms with Crippen molar-refractivity contribution in [3.05, 3.63) is 34.4 Å². The summed E-state index contributed by atoms with van der Waals surface area (Å²) >= 11 is 0. The van der Waals surface area contributed by atoms with Crippen molar-refractivity contribution in [3.63, 3.8) is 0 Å². The Bertz CT molecular complexity index is 410. The third-order valence-electron chi connectivity index (χ3n) is 5.25. The highest BCUT2D eigenvalue weighted by molar-refractivity contribution is 5.42. The lowest BCUT2D eigenvalue weighted by Gasteiger charge is -2.38. The zero-order valence-electron chi connectivity index (χ0n) is 12.6. The van der Waals surface area contributed by atoms with Crippen LogP contribution in [-0.4, -0.2) is 0 Å². The third kappa shape index (κ3) is 2.35. The molecule has 0 spiro atoms. The molecule has 18 heavy (non-hydrogen) atoms. The van der Waals surface area contributed by atoms with Crippen molar-refractivity contribution in [1.82, 2.24) is 0 Å². The smallest absolute Gasteiger partial charge is 0.0219 e. The molecule has 1 aromatic carbocycles. The van der Waals surface area contributed by atoms with Crippen LogP contribution in [-0.2, 0) is 25.7 Å². The maximum absolute atomic E-state index is 2.49. The first kappa shape index (κ1) is 13.6. The number of fused-ring (bicyclic) bond motifs is 1. The summed E-state index contributed by atoms with van der Waals surface area (Å²) in [5, 5.41) is 0. The molecule has 1 aliphatic carbocycles. The molecule has 0 aromatic heterocycles. The molecular formula is C18H28. The second-order valence-electron chi connectivity index (χ2n) is 5.98. The minimum atomic E-state index is 0.588. The van der Waals surface area contributed by atoms with Gasteiger partial charge in [0.05, 0.1) is 0 Å². The third-order valence-corrected chi connectivity index (χ3v) is 5.25. The maximum atomic E-state index is 2.49. The molecule has 100 valence electrons. The summed E-state index contributed by atoms with van der Waals surface area (Å²) in [5.41, 5.74) is 7.09. The highest BCUT2D eigenvalue weighted by Gasteiger charge is 2.31. The van der Waals surface area contributed by atoms with E-state index in [9.17, 15) is 0 Å². The van der Waals surface area contributed by atoms with Gasteiger partial charge in [-0.1, -0.05) is 52.7 Å². The highest BCUT2D eigenvalue weighted by atomic mass is 14.4. The van der Waals surface area contributed by atoms with Gasteiger partial charge in [0, 0.05) is 0 Å². The van der Waals surface area contributed by atoms with Crippen molar-refractivity contribution in [3.8, 4) is 0 Å². The van der Waals surface area contributed by atoms with Crippen LogP contribution in [0.3, 0.4) is 0 Å². The SMILES string of the molecule is CCc1cc(CC)c2c(c1)CC(CC)(CC)CC2. The van der Waals surface area contributed by atoms with E-state index >= 15 is 0 Å². The standard InChI is InChI=1S/C18H28/c1-5-14-11-15(6-2)17-9-10-18(7-3,8-4)13-16(17)12-14/h11-12H,5-10,13H2,1-4H3. The van der Waals surface area contributed by atoms with Gasteiger partial charge in [-0.2, -0.15) is 0 Å². The minimum Gasteiger partial charge on any atom is -0.0648 e. The van der Waals surface area contributed by atoms with E-state index < -0.39 is 0 Å². The van der Waals surface area contributed by atoms with E-state index in [4.69, 9.17) is 0 Å². The fourth-order valence-corrected chi connectivity index (χ4v) is 3.60. The van der Waals surface area contributed by atoms with Crippen LogP contribution in [0.25, 0.3) is 0 Å². The largest absolute Gasteiger partial charge is 0.0648 e. The zero-order chi connectivity index (χ0) is 13.2. The van der Waals surface area contributed by atoms with Gasteiger partial charge in [-0.05, 0) is 59.8 Å². The molecule has 0 aliphatic heterocycles. The summed E-state index contributed by atoms with van der Waals surface area (Å²) in [6.45, 7) is 9.32. The van der Waals surface area contributed by atoms with Crippen LogP contribution >= 0.6 is 0 Å². The quantitative estimate of drug-likeness (QED) is 0.690. The molecule has 0 atom stereocenters. The molecule has 0 heteroatoms. The van der Waals surface area contributed by atoms with Crippen molar-refractivity contribution in [1.29, 1.82) is 0 Å². The average molecular weight is 244 g/mol. The second-order valence-corrected chi connectivity index (χ2v) is 5.98. The van der Waals surface area contributed by atoms with Gasteiger partial charge in [-0.25, -0.2) is 0 Å². The molecule has 2 rings (SSSR count). The number of aryl methyl sites for hydroxylation is 2. The first-order valence-corrected chi connectivity index (χ1v) is 7.81. The number of benzene rings is 1. The Kier molecular flexibility index (Phi) is 4.14. The molecule has 0 bridgehead atoms. The molecule has 1 aliphatic rings. The Hall–Kier alpha value is -0.780. The van der Waals surface area contributed by atoms with Crippen LogP contribution < -0.4 is 0 Å². The van der Waals surface area contributed by atoms with Crippen LogP contribution in [0.2, 0.25) is 0 Å². The van der Waals surface area contributed by atoms with Gasteiger partial charge < -0.3 is 0 Å². The first-order valence-electron chi connectivity index (χ1n) is 7.81. The maximum Gasteiger partial charge on any atom is -0.0219 e. The predicted molar refractivity (Wildman–Crippen MR) is 80.2 cm³/mol. The molecule has 0 unspecified atom stereocenters. The Morgan fingerprint density at radius 2 is 1.72 bits per heavy atom. The highest BCUT2D eigenvalue weighted by Crippen LogP contribution is 2.42. The normalized spacial score (nSPS) is 17.6. The lowest BCUT2D eigenvalue weighted by atomic mass is 9.67. The Morgan fingerprint density at radius 3 is 2.28 bits per heavy atom. The van der Waals surface area contributed by atoms with Crippen LogP contribution in [0.1, 0.15) is 69.2 Å². The van der Waals surface area contributed by atoms with Gasteiger partial charge in [0.15, 0.2) is 0 Å².